The molecule has 0 unspecified atom stereocenters. The molecule has 0 aliphatic heterocycles. The second-order valence-electron chi connectivity index (χ2n) is 9.46. The van der Waals surface area contributed by atoms with Crippen LogP contribution < -0.4 is 21.3 Å². The molecule has 38 heavy (non-hydrogen) atoms. The summed E-state index contributed by atoms with van der Waals surface area (Å²) in [6.45, 7) is 6.24. The van der Waals surface area contributed by atoms with Crippen molar-refractivity contribution in [1.82, 2.24) is 16.0 Å². The van der Waals surface area contributed by atoms with Gasteiger partial charge in [0.05, 0.1) is 0 Å². The van der Waals surface area contributed by atoms with Crippen LogP contribution in [0.3, 0.4) is 0 Å². The van der Waals surface area contributed by atoms with Crippen molar-refractivity contribution >= 4 is 35.3 Å². The van der Waals surface area contributed by atoms with Crippen molar-refractivity contribution in [3.63, 3.8) is 0 Å². The van der Waals surface area contributed by atoms with Crippen molar-refractivity contribution in [2.45, 2.75) is 65.1 Å². The summed E-state index contributed by atoms with van der Waals surface area (Å²) in [6.07, 6.45) is 0.246. The molecule has 0 aliphatic carbocycles. The van der Waals surface area contributed by atoms with E-state index >= 15 is 0 Å². The molecular weight excluding hydrogens is 488 g/mol. The van der Waals surface area contributed by atoms with Crippen LogP contribution in [0.2, 0.25) is 0 Å². The van der Waals surface area contributed by atoms with E-state index in [1.165, 1.54) is 13.8 Å². The van der Waals surface area contributed by atoms with Gasteiger partial charge in [0.25, 0.3) is 0 Å². The Labute approximate surface area is 222 Å². The van der Waals surface area contributed by atoms with Crippen molar-refractivity contribution < 1.29 is 29.1 Å². The molecule has 0 saturated carbocycles. The molecule has 0 aliphatic rings. The van der Waals surface area contributed by atoms with Gasteiger partial charge in [-0.25, -0.2) is 0 Å². The van der Waals surface area contributed by atoms with Crippen LogP contribution in [0.1, 0.15) is 51.7 Å². The quantitative estimate of drug-likeness (QED) is 0.271. The first kappa shape index (κ1) is 30.0. The minimum atomic E-state index is -1.11. The van der Waals surface area contributed by atoms with Crippen LogP contribution in [0.5, 0.6) is 0 Å². The Morgan fingerprint density at radius 3 is 1.95 bits per heavy atom. The van der Waals surface area contributed by atoms with Gasteiger partial charge in [0.2, 0.25) is 23.6 Å². The summed E-state index contributed by atoms with van der Waals surface area (Å²) in [5.74, 6) is -3.66. The second kappa shape index (κ2) is 14.5. The first-order chi connectivity index (χ1) is 18.0. The summed E-state index contributed by atoms with van der Waals surface area (Å²) in [4.78, 5) is 61.0. The zero-order chi connectivity index (χ0) is 28.2. The summed E-state index contributed by atoms with van der Waals surface area (Å²) < 4.78 is 0. The number of amides is 4. The van der Waals surface area contributed by atoms with E-state index in [1.54, 1.807) is 19.9 Å². The third kappa shape index (κ3) is 10.0. The van der Waals surface area contributed by atoms with Gasteiger partial charge in [-0.2, -0.15) is 0 Å². The Hall–Kier alpha value is -4.21. The molecular formula is C28H36N4O6. The number of aliphatic carboxylic acids is 1. The second-order valence-corrected chi connectivity index (χ2v) is 9.46. The first-order valence-electron chi connectivity index (χ1n) is 12.5. The molecule has 0 spiro atoms. The van der Waals surface area contributed by atoms with Crippen molar-refractivity contribution in [3.8, 4) is 0 Å². The lowest BCUT2D eigenvalue weighted by Crippen LogP contribution is -2.55. The molecule has 4 amide bonds. The smallest absolute Gasteiger partial charge is 0.303 e. The minimum absolute atomic E-state index is 0.129. The Balaban J connectivity index is 1.92. The number of carbonyl (C=O) groups is 5. The first-order valence-corrected chi connectivity index (χ1v) is 12.5. The molecule has 0 aromatic heterocycles. The van der Waals surface area contributed by atoms with Gasteiger partial charge in [-0.15, -0.1) is 0 Å². The highest BCUT2D eigenvalue weighted by molar-refractivity contribution is 5.98. The highest BCUT2D eigenvalue weighted by Gasteiger charge is 2.27. The molecule has 0 radical (unpaired) electrons. The number of carboxylic acids is 1. The van der Waals surface area contributed by atoms with E-state index < -0.39 is 53.6 Å². The summed E-state index contributed by atoms with van der Waals surface area (Å²) in [7, 11) is 0. The minimum Gasteiger partial charge on any atom is -0.481 e. The van der Waals surface area contributed by atoms with Crippen molar-refractivity contribution in [1.29, 1.82) is 0 Å². The zero-order valence-electron chi connectivity index (χ0n) is 22.1. The molecule has 204 valence electrons. The van der Waals surface area contributed by atoms with Crippen LogP contribution in [0.25, 0.3) is 0 Å². The molecule has 0 heterocycles. The molecule has 2 aromatic rings. The van der Waals surface area contributed by atoms with Crippen molar-refractivity contribution in [2.24, 2.45) is 5.92 Å². The number of hydrogen-bond acceptors (Lipinski definition) is 5. The largest absolute Gasteiger partial charge is 0.481 e. The van der Waals surface area contributed by atoms with Gasteiger partial charge in [-0.05, 0) is 49.9 Å². The topological polar surface area (TPSA) is 154 Å². The van der Waals surface area contributed by atoms with Crippen LogP contribution in [-0.4, -0.2) is 52.8 Å². The molecule has 10 nitrogen and oxygen atoms in total. The van der Waals surface area contributed by atoms with E-state index in [1.807, 2.05) is 48.5 Å². The fourth-order valence-electron chi connectivity index (χ4n) is 3.50. The number of rotatable bonds is 13. The predicted molar refractivity (Wildman–Crippen MR) is 143 cm³/mol. The number of hydrogen-bond donors (Lipinski definition) is 5. The van der Waals surface area contributed by atoms with Crippen LogP contribution in [-0.2, 0) is 30.4 Å². The van der Waals surface area contributed by atoms with Crippen LogP contribution in [0.4, 0.5) is 5.69 Å². The maximum atomic E-state index is 12.7. The van der Waals surface area contributed by atoms with Gasteiger partial charge in [0, 0.05) is 18.0 Å². The number of nitrogens with one attached hydrogen (secondary N) is 4. The van der Waals surface area contributed by atoms with E-state index in [2.05, 4.69) is 21.3 Å². The lowest BCUT2D eigenvalue weighted by atomic mass is 10.0. The molecule has 3 atom stereocenters. The fourth-order valence-corrected chi connectivity index (χ4v) is 3.50. The van der Waals surface area contributed by atoms with Crippen LogP contribution >= 0.6 is 0 Å². The monoisotopic (exact) mass is 524 g/mol. The van der Waals surface area contributed by atoms with Gasteiger partial charge in [0.1, 0.15) is 18.1 Å². The number of anilines is 1. The van der Waals surface area contributed by atoms with Crippen molar-refractivity contribution in [2.75, 3.05) is 5.32 Å². The summed E-state index contributed by atoms with van der Waals surface area (Å²) in [5.41, 5.74) is 2.75. The normalized spacial score (nSPS) is 13.1. The van der Waals surface area contributed by atoms with Gasteiger partial charge < -0.3 is 26.4 Å². The van der Waals surface area contributed by atoms with Gasteiger partial charge >= 0.3 is 5.97 Å². The predicted octanol–water partition coefficient (Wildman–Crippen LogP) is 2.23. The Morgan fingerprint density at radius 2 is 1.32 bits per heavy atom. The van der Waals surface area contributed by atoms with Crippen LogP contribution in [0.15, 0.2) is 54.6 Å². The molecule has 0 saturated heterocycles. The van der Waals surface area contributed by atoms with Crippen LogP contribution in [0, 0.1) is 5.92 Å². The Kier molecular flexibility index (Phi) is 11.5. The fraction of sp³-hybridized carbons (Fsp3) is 0.393. The van der Waals surface area contributed by atoms with E-state index in [-0.39, 0.29) is 12.8 Å². The van der Waals surface area contributed by atoms with Crippen molar-refractivity contribution in [3.05, 3.63) is 65.7 Å². The van der Waals surface area contributed by atoms with Gasteiger partial charge in [0.15, 0.2) is 0 Å². The Morgan fingerprint density at radius 1 is 0.711 bits per heavy atom. The van der Waals surface area contributed by atoms with Gasteiger partial charge in [-0.3, -0.25) is 24.0 Å². The molecule has 2 rings (SSSR count). The van der Waals surface area contributed by atoms with E-state index in [0.717, 1.165) is 11.1 Å². The van der Waals surface area contributed by atoms with Gasteiger partial charge in [-0.1, -0.05) is 56.3 Å². The maximum Gasteiger partial charge on any atom is 0.303 e. The molecule has 0 bridgehead atoms. The SMILES string of the molecule is CC(C)C(=O)N[C@@H](CCC(=O)O)C(=O)N[C@@H](C)C(=O)N[C@@H](C)C(=O)Nc1cccc(Cc2ccccc2)c1. The highest BCUT2D eigenvalue weighted by Crippen LogP contribution is 2.15. The summed E-state index contributed by atoms with van der Waals surface area (Å²) >= 11 is 0. The number of carbonyl (C=O) groups excluding carboxylic acids is 4. The molecule has 10 heteroatoms. The van der Waals surface area contributed by atoms with E-state index in [9.17, 15) is 24.0 Å². The summed E-state index contributed by atoms with van der Waals surface area (Å²) in [5, 5.41) is 19.3. The lowest BCUT2D eigenvalue weighted by molar-refractivity contribution is -0.138. The number of carboxylic acid groups (broad SMARTS) is 1. The third-order valence-corrected chi connectivity index (χ3v) is 5.75. The Bertz CT molecular complexity index is 1140. The van der Waals surface area contributed by atoms with E-state index in [0.29, 0.717) is 12.1 Å². The lowest BCUT2D eigenvalue weighted by Gasteiger charge is -2.22. The standard InChI is InChI=1S/C28H36N4O6/c1-17(2)25(35)32-23(13-14-24(33)34)28(38)30-18(3)26(36)29-19(4)27(37)31-22-12-8-11-21(16-22)15-20-9-6-5-7-10-20/h5-12,16-19,23H,13-15H2,1-4H3,(H,29,36)(H,30,38)(H,31,37)(H,32,35)(H,33,34)/t18-,19-,23-/m0/s1. The third-order valence-electron chi connectivity index (χ3n) is 5.75. The summed E-state index contributed by atoms with van der Waals surface area (Å²) in [6, 6.07) is 14.3. The molecule has 0 fully saturated rings. The average molecular weight is 525 g/mol. The molecule has 2 aromatic carbocycles. The number of benzene rings is 2. The molecule has 5 N–H and O–H groups in total. The highest BCUT2D eigenvalue weighted by atomic mass is 16.4. The maximum absolute atomic E-state index is 12.7. The zero-order valence-corrected chi connectivity index (χ0v) is 22.1. The average Bonchev–Trinajstić information content (AvgIpc) is 2.86. The van der Waals surface area contributed by atoms with E-state index in [4.69, 9.17) is 5.11 Å².